The number of hydrogen-bond donors (Lipinski definition) is 0. The number of nitrogens with zero attached hydrogens (tertiary/aromatic N) is 2. The zero-order chi connectivity index (χ0) is 12.7. The van der Waals surface area contributed by atoms with Crippen molar-refractivity contribution in [1.29, 1.82) is 0 Å². The molecule has 1 aromatic rings. The van der Waals surface area contributed by atoms with Gasteiger partial charge >= 0.3 is 0 Å². The van der Waals surface area contributed by atoms with Gasteiger partial charge in [-0.25, -0.2) is 0 Å². The number of carbonyl (C=O) groups excluding carboxylic acids is 1. The second-order valence-corrected chi connectivity index (χ2v) is 5.93. The molecule has 18 heavy (non-hydrogen) atoms. The highest BCUT2D eigenvalue weighted by molar-refractivity contribution is 9.10. The molecule has 0 aromatic carbocycles. The molecule has 4 nitrogen and oxygen atoms in total. The molecule has 0 radical (unpaired) electrons. The number of amides is 1. The first-order valence-corrected chi connectivity index (χ1v) is 7.24. The summed E-state index contributed by atoms with van der Waals surface area (Å²) in [6.07, 6.45) is 4.02. The number of carbonyl (C=O) groups is 1. The zero-order valence-corrected chi connectivity index (χ0v) is 12.0. The summed E-state index contributed by atoms with van der Waals surface area (Å²) in [7, 11) is 0. The summed E-state index contributed by atoms with van der Waals surface area (Å²) in [4.78, 5) is 17.0. The molecule has 2 fully saturated rings. The predicted molar refractivity (Wildman–Crippen MR) is 71.5 cm³/mol. The Balaban J connectivity index is 1.79. The molecule has 0 spiro atoms. The molecular weight excluding hydrogens is 296 g/mol. The van der Waals surface area contributed by atoms with Gasteiger partial charge in [0.05, 0.1) is 11.8 Å². The third-order valence-corrected chi connectivity index (χ3v) is 4.66. The van der Waals surface area contributed by atoms with Crippen LogP contribution in [0, 0.1) is 0 Å². The largest absolute Gasteiger partial charge is 0.457 e. The highest BCUT2D eigenvalue weighted by atomic mass is 79.9. The Morgan fingerprint density at radius 3 is 3.06 bits per heavy atom. The number of piperazine rings is 1. The van der Waals surface area contributed by atoms with E-state index in [-0.39, 0.29) is 11.9 Å². The molecule has 1 aromatic heterocycles. The van der Waals surface area contributed by atoms with Crippen molar-refractivity contribution in [2.24, 2.45) is 0 Å². The maximum atomic E-state index is 12.5. The summed E-state index contributed by atoms with van der Waals surface area (Å²) in [5.74, 6) is 0.0784. The fourth-order valence-corrected chi connectivity index (χ4v) is 3.48. The van der Waals surface area contributed by atoms with Crippen LogP contribution in [0.25, 0.3) is 0 Å². The number of rotatable bonds is 1. The second-order valence-electron chi connectivity index (χ2n) is 5.21. The van der Waals surface area contributed by atoms with Crippen LogP contribution >= 0.6 is 15.9 Å². The number of fused-ring (bicyclic) bond motifs is 1. The van der Waals surface area contributed by atoms with E-state index in [2.05, 4.69) is 27.8 Å². The smallest absolute Gasteiger partial charge is 0.258 e. The molecule has 0 bridgehead atoms. The first kappa shape index (κ1) is 12.2. The summed E-state index contributed by atoms with van der Waals surface area (Å²) in [5, 5.41) is 0. The molecule has 0 aliphatic carbocycles. The average Bonchev–Trinajstić information content (AvgIpc) is 2.95. The molecule has 98 valence electrons. The molecule has 2 atom stereocenters. The van der Waals surface area contributed by atoms with E-state index < -0.39 is 0 Å². The van der Waals surface area contributed by atoms with Gasteiger partial charge in [0, 0.05) is 25.2 Å². The maximum absolute atomic E-state index is 12.5. The Kier molecular flexibility index (Phi) is 3.20. The number of hydrogen-bond acceptors (Lipinski definition) is 3. The van der Waals surface area contributed by atoms with Gasteiger partial charge in [-0.1, -0.05) is 0 Å². The molecule has 2 unspecified atom stereocenters. The quantitative estimate of drug-likeness (QED) is 0.798. The van der Waals surface area contributed by atoms with E-state index in [1.807, 2.05) is 4.90 Å². The monoisotopic (exact) mass is 312 g/mol. The van der Waals surface area contributed by atoms with Crippen molar-refractivity contribution in [3.63, 3.8) is 0 Å². The first-order chi connectivity index (χ1) is 8.66. The Bertz CT molecular complexity index is 460. The van der Waals surface area contributed by atoms with Gasteiger partial charge in [0.2, 0.25) is 0 Å². The second kappa shape index (κ2) is 4.70. The Hall–Kier alpha value is -0.810. The van der Waals surface area contributed by atoms with Crippen LogP contribution in [0.3, 0.4) is 0 Å². The van der Waals surface area contributed by atoms with Crippen LogP contribution in [0.4, 0.5) is 0 Å². The zero-order valence-electron chi connectivity index (χ0n) is 10.4. The maximum Gasteiger partial charge on any atom is 0.258 e. The lowest BCUT2D eigenvalue weighted by molar-refractivity contribution is 0.0394. The van der Waals surface area contributed by atoms with Crippen LogP contribution in [0.15, 0.2) is 21.4 Å². The van der Waals surface area contributed by atoms with Crippen molar-refractivity contribution in [3.05, 3.63) is 22.6 Å². The van der Waals surface area contributed by atoms with Crippen LogP contribution in [-0.4, -0.2) is 47.4 Å². The minimum absolute atomic E-state index is 0.0784. The molecule has 3 heterocycles. The molecule has 2 aliphatic rings. The number of furan rings is 1. The standard InChI is InChI=1S/C13H17BrN2O2/c1-9-7-15-5-2-3-10(15)8-16(9)13(17)11-4-6-18-12(11)14/h4,6,9-10H,2-3,5,7-8H2,1H3. The van der Waals surface area contributed by atoms with Gasteiger partial charge in [-0.2, -0.15) is 0 Å². The molecule has 2 saturated heterocycles. The van der Waals surface area contributed by atoms with Gasteiger partial charge in [-0.3, -0.25) is 9.69 Å². The van der Waals surface area contributed by atoms with E-state index in [9.17, 15) is 4.79 Å². The predicted octanol–water partition coefficient (Wildman–Crippen LogP) is 2.35. The van der Waals surface area contributed by atoms with Crippen molar-refractivity contribution in [2.75, 3.05) is 19.6 Å². The molecule has 2 aliphatic heterocycles. The summed E-state index contributed by atoms with van der Waals surface area (Å²) >= 11 is 3.29. The Morgan fingerprint density at radius 2 is 2.33 bits per heavy atom. The summed E-state index contributed by atoms with van der Waals surface area (Å²) in [5.41, 5.74) is 0.633. The molecule has 0 saturated carbocycles. The van der Waals surface area contributed by atoms with Crippen LogP contribution in [0.1, 0.15) is 30.1 Å². The Labute approximate surface area is 115 Å². The van der Waals surface area contributed by atoms with Crippen molar-refractivity contribution in [1.82, 2.24) is 9.80 Å². The van der Waals surface area contributed by atoms with Gasteiger partial charge in [0.1, 0.15) is 0 Å². The van der Waals surface area contributed by atoms with Crippen LogP contribution in [0.5, 0.6) is 0 Å². The van der Waals surface area contributed by atoms with Crippen molar-refractivity contribution in [2.45, 2.75) is 31.8 Å². The van der Waals surface area contributed by atoms with E-state index in [1.165, 1.54) is 19.4 Å². The van der Waals surface area contributed by atoms with Gasteiger partial charge in [-0.05, 0) is 48.3 Å². The third-order valence-electron chi connectivity index (χ3n) is 4.05. The van der Waals surface area contributed by atoms with Crippen LogP contribution in [0.2, 0.25) is 0 Å². The molecular formula is C13H17BrN2O2. The van der Waals surface area contributed by atoms with Gasteiger partial charge in [0.15, 0.2) is 4.67 Å². The molecule has 3 rings (SSSR count). The lowest BCUT2D eigenvalue weighted by atomic mass is 10.1. The minimum Gasteiger partial charge on any atom is -0.457 e. The van der Waals surface area contributed by atoms with Gasteiger partial charge in [0.25, 0.3) is 5.91 Å². The fraction of sp³-hybridized carbons (Fsp3) is 0.615. The van der Waals surface area contributed by atoms with E-state index in [0.29, 0.717) is 16.3 Å². The average molecular weight is 313 g/mol. The van der Waals surface area contributed by atoms with Crippen molar-refractivity contribution < 1.29 is 9.21 Å². The van der Waals surface area contributed by atoms with Crippen molar-refractivity contribution in [3.8, 4) is 0 Å². The normalized spacial score (nSPS) is 28.4. The molecule has 1 amide bonds. The molecule has 5 heteroatoms. The lowest BCUT2D eigenvalue weighted by Gasteiger charge is -2.42. The minimum atomic E-state index is 0.0784. The third kappa shape index (κ3) is 1.99. The topological polar surface area (TPSA) is 36.7 Å². The highest BCUT2D eigenvalue weighted by Gasteiger charge is 2.37. The first-order valence-electron chi connectivity index (χ1n) is 6.45. The fourth-order valence-electron chi connectivity index (χ4n) is 3.07. The summed E-state index contributed by atoms with van der Waals surface area (Å²) in [6.45, 7) is 5.15. The SMILES string of the molecule is CC1CN2CCCC2CN1C(=O)c1ccoc1Br. The summed E-state index contributed by atoms with van der Waals surface area (Å²) in [6, 6.07) is 2.56. The summed E-state index contributed by atoms with van der Waals surface area (Å²) < 4.78 is 5.69. The van der Waals surface area contributed by atoms with Gasteiger partial charge in [-0.15, -0.1) is 0 Å². The number of halogens is 1. The van der Waals surface area contributed by atoms with Crippen LogP contribution in [-0.2, 0) is 0 Å². The van der Waals surface area contributed by atoms with Gasteiger partial charge < -0.3 is 9.32 Å². The highest BCUT2D eigenvalue weighted by Crippen LogP contribution is 2.27. The lowest BCUT2D eigenvalue weighted by Crippen LogP contribution is -2.56. The van der Waals surface area contributed by atoms with E-state index in [4.69, 9.17) is 4.42 Å². The van der Waals surface area contributed by atoms with E-state index in [1.54, 1.807) is 12.3 Å². The van der Waals surface area contributed by atoms with E-state index in [0.717, 1.165) is 13.1 Å². The van der Waals surface area contributed by atoms with Crippen LogP contribution < -0.4 is 0 Å². The Morgan fingerprint density at radius 1 is 1.50 bits per heavy atom. The van der Waals surface area contributed by atoms with E-state index >= 15 is 0 Å². The van der Waals surface area contributed by atoms with Crippen molar-refractivity contribution >= 4 is 21.8 Å². The molecule has 0 N–H and O–H groups in total.